The highest BCUT2D eigenvalue weighted by atomic mass is 79.9. The lowest BCUT2D eigenvalue weighted by molar-refractivity contribution is 0.717. The second-order valence-electron chi connectivity index (χ2n) is 5.70. The average Bonchev–Trinajstić information content (AvgIpc) is 2.90. The van der Waals surface area contributed by atoms with E-state index < -0.39 is 0 Å². The van der Waals surface area contributed by atoms with Gasteiger partial charge in [-0.25, -0.2) is 0 Å². The maximum Gasteiger partial charge on any atom is 0.0543 e. The van der Waals surface area contributed by atoms with E-state index in [0.717, 1.165) is 6.54 Å². The Bertz CT molecular complexity index is 621. The van der Waals surface area contributed by atoms with E-state index in [2.05, 4.69) is 77.1 Å². The van der Waals surface area contributed by atoms with Gasteiger partial charge in [0.2, 0.25) is 0 Å². The van der Waals surface area contributed by atoms with Crippen molar-refractivity contribution in [2.45, 2.75) is 32.7 Å². The molecule has 1 unspecified atom stereocenters. The fourth-order valence-electron chi connectivity index (χ4n) is 3.14. The molecule has 0 N–H and O–H groups in total. The Kier molecular flexibility index (Phi) is 3.84. The molecule has 0 bridgehead atoms. The Balaban J connectivity index is 1.98. The molecule has 0 saturated carbocycles. The van der Waals surface area contributed by atoms with Gasteiger partial charge >= 0.3 is 0 Å². The van der Waals surface area contributed by atoms with Crippen LogP contribution >= 0.6 is 15.9 Å². The quantitative estimate of drug-likeness (QED) is 0.712. The van der Waals surface area contributed by atoms with Gasteiger partial charge in [0.15, 0.2) is 0 Å². The molecule has 2 aromatic carbocycles. The molecule has 20 heavy (non-hydrogen) atoms. The van der Waals surface area contributed by atoms with E-state index in [1.54, 1.807) is 0 Å². The van der Waals surface area contributed by atoms with Crippen molar-refractivity contribution in [2.75, 3.05) is 11.4 Å². The minimum atomic E-state index is 0.507. The largest absolute Gasteiger partial charge is 0.364 e. The first kappa shape index (κ1) is 13.7. The number of hydrogen-bond donors (Lipinski definition) is 0. The molecule has 2 aromatic rings. The number of rotatable bonds is 2. The fraction of sp³-hybridized carbons (Fsp3) is 0.333. The monoisotopic (exact) mass is 329 g/mol. The first-order chi connectivity index (χ1) is 9.65. The van der Waals surface area contributed by atoms with Crippen molar-refractivity contribution in [1.82, 2.24) is 0 Å². The molecular weight excluding hydrogens is 310 g/mol. The van der Waals surface area contributed by atoms with Crippen molar-refractivity contribution in [1.29, 1.82) is 0 Å². The first-order valence-corrected chi connectivity index (χ1v) is 8.04. The van der Waals surface area contributed by atoms with E-state index >= 15 is 0 Å². The van der Waals surface area contributed by atoms with Crippen LogP contribution in [0.15, 0.2) is 46.9 Å². The summed E-state index contributed by atoms with van der Waals surface area (Å²) in [6.07, 6.45) is 2.51. The number of hydrogen-bond acceptors (Lipinski definition) is 1. The van der Waals surface area contributed by atoms with Gasteiger partial charge in [0, 0.05) is 16.7 Å². The highest BCUT2D eigenvalue weighted by Gasteiger charge is 2.27. The molecule has 1 saturated heterocycles. The standard InChI is InChI=1S/C18H20BrN/c1-13-8-9-14(2)18(11-13)20-10-4-7-17(20)15-5-3-6-16(19)12-15/h3,5-6,8-9,11-12,17H,4,7,10H2,1-2H3. The lowest BCUT2D eigenvalue weighted by atomic mass is 10.0. The highest BCUT2D eigenvalue weighted by molar-refractivity contribution is 9.10. The van der Waals surface area contributed by atoms with Crippen LogP contribution in [0.2, 0.25) is 0 Å². The van der Waals surface area contributed by atoms with Crippen LogP contribution in [-0.2, 0) is 0 Å². The Morgan fingerprint density at radius 1 is 1.10 bits per heavy atom. The second-order valence-corrected chi connectivity index (χ2v) is 6.61. The topological polar surface area (TPSA) is 3.24 Å². The van der Waals surface area contributed by atoms with Crippen molar-refractivity contribution in [2.24, 2.45) is 0 Å². The summed E-state index contributed by atoms with van der Waals surface area (Å²) in [5, 5.41) is 0. The van der Waals surface area contributed by atoms with Crippen LogP contribution in [0, 0.1) is 13.8 Å². The Labute approximate surface area is 129 Å². The third-order valence-corrected chi connectivity index (χ3v) is 4.65. The van der Waals surface area contributed by atoms with Gasteiger partial charge in [-0.15, -0.1) is 0 Å². The van der Waals surface area contributed by atoms with Gasteiger partial charge in [0.1, 0.15) is 0 Å². The summed E-state index contributed by atoms with van der Waals surface area (Å²) < 4.78 is 1.17. The smallest absolute Gasteiger partial charge is 0.0543 e. The van der Waals surface area contributed by atoms with Gasteiger partial charge in [-0.2, -0.15) is 0 Å². The van der Waals surface area contributed by atoms with Crippen molar-refractivity contribution < 1.29 is 0 Å². The van der Waals surface area contributed by atoms with Gasteiger partial charge < -0.3 is 4.90 Å². The summed E-state index contributed by atoms with van der Waals surface area (Å²) in [7, 11) is 0. The zero-order valence-electron chi connectivity index (χ0n) is 12.1. The molecule has 1 aliphatic rings. The third kappa shape index (κ3) is 2.62. The van der Waals surface area contributed by atoms with Gasteiger partial charge in [0.05, 0.1) is 6.04 Å². The van der Waals surface area contributed by atoms with Crippen LogP contribution in [0.4, 0.5) is 5.69 Å². The van der Waals surface area contributed by atoms with Crippen LogP contribution in [0.3, 0.4) is 0 Å². The Morgan fingerprint density at radius 3 is 2.75 bits per heavy atom. The molecule has 1 nitrogen and oxygen atoms in total. The molecule has 1 heterocycles. The van der Waals surface area contributed by atoms with Crippen LogP contribution in [0.5, 0.6) is 0 Å². The summed E-state index contributed by atoms with van der Waals surface area (Å²) in [6, 6.07) is 16.0. The van der Waals surface area contributed by atoms with E-state index in [1.165, 1.54) is 39.7 Å². The van der Waals surface area contributed by atoms with Gasteiger partial charge in [0.25, 0.3) is 0 Å². The van der Waals surface area contributed by atoms with Gasteiger partial charge in [-0.05, 0) is 61.6 Å². The zero-order valence-corrected chi connectivity index (χ0v) is 13.7. The number of nitrogens with zero attached hydrogens (tertiary/aromatic N) is 1. The third-order valence-electron chi connectivity index (χ3n) is 4.16. The van der Waals surface area contributed by atoms with E-state index in [0.29, 0.717) is 6.04 Å². The summed E-state index contributed by atoms with van der Waals surface area (Å²) in [6.45, 7) is 5.54. The molecule has 0 radical (unpaired) electrons. The molecular formula is C18H20BrN. The van der Waals surface area contributed by atoms with Crippen LogP contribution in [0.25, 0.3) is 0 Å². The molecule has 0 amide bonds. The molecule has 1 fully saturated rings. The van der Waals surface area contributed by atoms with Crippen LogP contribution < -0.4 is 4.90 Å². The van der Waals surface area contributed by atoms with Crippen molar-refractivity contribution in [3.05, 3.63) is 63.6 Å². The van der Waals surface area contributed by atoms with Crippen molar-refractivity contribution >= 4 is 21.6 Å². The predicted molar refractivity (Wildman–Crippen MR) is 89.4 cm³/mol. The maximum absolute atomic E-state index is 3.59. The molecule has 0 spiro atoms. The van der Waals surface area contributed by atoms with E-state index in [1.807, 2.05) is 0 Å². The summed E-state index contributed by atoms with van der Waals surface area (Å²) in [5.74, 6) is 0. The lowest BCUT2D eigenvalue weighted by Crippen LogP contribution is -2.23. The van der Waals surface area contributed by atoms with Crippen LogP contribution in [0.1, 0.15) is 35.6 Å². The number of anilines is 1. The minimum Gasteiger partial charge on any atom is -0.364 e. The average molecular weight is 330 g/mol. The van der Waals surface area contributed by atoms with Gasteiger partial charge in [-0.3, -0.25) is 0 Å². The van der Waals surface area contributed by atoms with Crippen LogP contribution in [-0.4, -0.2) is 6.54 Å². The summed E-state index contributed by atoms with van der Waals surface area (Å²) >= 11 is 3.59. The SMILES string of the molecule is Cc1ccc(C)c(N2CCCC2c2cccc(Br)c2)c1. The van der Waals surface area contributed by atoms with Gasteiger partial charge in [-0.1, -0.05) is 40.2 Å². The fourth-order valence-corrected chi connectivity index (χ4v) is 3.56. The normalized spacial score (nSPS) is 18.6. The van der Waals surface area contributed by atoms with Crippen molar-refractivity contribution in [3.63, 3.8) is 0 Å². The maximum atomic E-state index is 3.59. The lowest BCUT2D eigenvalue weighted by Gasteiger charge is -2.29. The molecule has 1 atom stereocenters. The first-order valence-electron chi connectivity index (χ1n) is 7.24. The zero-order chi connectivity index (χ0) is 14.1. The highest BCUT2D eigenvalue weighted by Crippen LogP contribution is 2.38. The Hall–Kier alpha value is -1.28. The Morgan fingerprint density at radius 2 is 1.95 bits per heavy atom. The molecule has 104 valence electrons. The van der Waals surface area contributed by atoms with Crippen molar-refractivity contribution in [3.8, 4) is 0 Å². The van der Waals surface area contributed by atoms with E-state index in [-0.39, 0.29) is 0 Å². The number of halogens is 1. The second kappa shape index (κ2) is 5.61. The summed E-state index contributed by atoms with van der Waals surface area (Å²) in [5.41, 5.74) is 5.52. The molecule has 2 heteroatoms. The predicted octanol–water partition coefficient (Wildman–Crippen LogP) is 5.41. The number of aryl methyl sites for hydroxylation is 2. The number of benzene rings is 2. The molecule has 3 rings (SSSR count). The molecule has 0 aromatic heterocycles. The minimum absolute atomic E-state index is 0.507. The summed E-state index contributed by atoms with van der Waals surface area (Å²) in [4.78, 5) is 2.57. The molecule has 0 aliphatic carbocycles. The molecule has 1 aliphatic heterocycles. The van der Waals surface area contributed by atoms with E-state index in [9.17, 15) is 0 Å². The van der Waals surface area contributed by atoms with E-state index in [4.69, 9.17) is 0 Å².